The van der Waals surface area contributed by atoms with Crippen LogP contribution < -0.4 is 16.8 Å². The molecule has 9 heteroatoms. The lowest BCUT2D eigenvalue weighted by Gasteiger charge is -2.51. The predicted octanol–water partition coefficient (Wildman–Crippen LogP) is 4.77. The summed E-state index contributed by atoms with van der Waals surface area (Å²) in [4.78, 5) is 48.5. The molecule has 0 spiro atoms. The Bertz CT molecular complexity index is 1550. The number of nitrogens with one attached hydrogen (secondary N) is 1. The highest BCUT2D eigenvalue weighted by Crippen LogP contribution is 2.45. The van der Waals surface area contributed by atoms with E-state index in [0.717, 1.165) is 40.7 Å². The lowest BCUT2D eigenvalue weighted by atomic mass is 9.67. The first-order valence-corrected chi connectivity index (χ1v) is 15.5. The third-order valence-corrected chi connectivity index (χ3v) is 10.6. The van der Waals surface area contributed by atoms with E-state index in [-0.39, 0.29) is 21.9 Å². The molecule has 7 rings (SSSR count). The molecule has 2 aromatic heterocycles. The minimum absolute atomic E-state index is 0.0250. The number of halogens is 1. The monoisotopic (exact) mass is 593 g/mol. The number of fused-ring (bicyclic) bond motifs is 5. The van der Waals surface area contributed by atoms with E-state index in [1.54, 1.807) is 0 Å². The Morgan fingerprint density at radius 3 is 2.31 bits per heavy atom. The molecule has 4 atom stereocenters. The Labute approximate surface area is 235 Å². The summed E-state index contributed by atoms with van der Waals surface area (Å²) in [6, 6.07) is 8.70. The SMILES string of the molecule is O=c1[nH]c(=O)n(-c2nc3ccccc3n(C3CC4CCCC(C3)N4CC3CC4CCCC(C4)C3)c2=O)cc1Br. The van der Waals surface area contributed by atoms with Crippen molar-refractivity contribution in [2.24, 2.45) is 17.8 Å². The molecular weight excluding hydrogens is 558 g/mol. The summed E-state index contributed by atoms with van der Waals surface area (Å²) in [5, 5.41) is 0. The molecule has 2 aliphatic carbocycles. The number of hydrogen-bond donors (Lipinski definition) is 1. The average Bonchev–Trinajstić information content (AvgIpc) is 2.90. The van der Waals surface area contributed by atoms with Crippen molar-refractivity contribution >= 4 is 27.0 Å². The van der Waals surface area contributed by atoms with Crippen molar-refractivity contribution in [2.75, 3.05) is 6.54 Å². The molecular formula is C30H36BrN5O3. The summed E-state index contributed by atoms with van der Waals surface area (Å²) in [7, 11) is 0. The fraction of sp³-hybridized carbons (Fsp3) is 0.600. The molecule has 2 saturated heterocycles. The van der Waals surface area contributed by atoms with Crippen LogP contribution in [0, 0.1) is 17.8 Å². The van der Waals surface area contributed by atoms with E-state index in [4.69, 9.17) is 0 Å². The summed E-state index contributed by atoms with van der Waals surface area (Å²) < 4.78 is 3.24. The number of aromatic nitrogens is 4. The second-order valence-electron chi connectivity index (χ2n) is 12.5. The molecule has 2 aliphatic heterocycles. The van der Waals surface area contributed by atoms with Gasteiger partial charge in [-0.05, 0) is 90.8 Å². The van der Waals surface area contributed by atoms with Crippen LogP contribution in [-0.2, 0) is 0 Å². The van der Waals surface area contributed by atoms with Gasteiger partial charge in [0.05, 0.1) is 15.5 Å². The number of piperidine rings is 2. The number of hydrogen-bond acceptors (Lipinski definition) is 5. The van der Waals surface area contributed by atoms with Crippen molar-refractivity contribution in [1.82, 2.24) is 24.0 Å². The Balaban J connectivity index is 1.23. The standard InChI is InChI=1S/C30H36BrN5O3/c31-24-17-35(30(39)33-28(24)37)27-29(38)36(26-10-2-1-9-25(26)32-27)23-14-21-7-4-8-22(15-23)34(21)16-20-12-18-5-3-6-19(11-18)13-20/h1-2,9-10,17-23H,3-8,11-16H2,(H,33,37,39). The van der Waals surface area contributed by atoms with Crippen molar-refractivity contribution in [1.29, 1.82) is 0 Å². The largest absolute Gasteiger partial charge is 0.334 e. The summed E-state index contributed by atoms with van der Waals surface area (Å²) in [6.07, 6.45) is 15.4. The minimum atomic E-state index is -0.668. The summed E-state index contributed by atoms with van der Waals surface area (Å²) >= 11 is 3.20. The maximum Gasteiger partial charge on any atom is 0.334 e. The van der Waals surface area contributed by atoms with Gasteiger partial charge in [-0.15, -0.1) is 0 Å². The molecule has 0 radical (unpaired) electrons. The number of rotatable bonds is 4. The van der Waals surface area contributed by atoms with Crippen LogP contribution in [-0.4, -0.2) is 42.6 Å². The Morgan fingerprint density at radius 1 is 0.872 bits per heavy atom. The average molecular weight is 595 g/mol. The Kier molecular flexibility index (Phi) is 6.62. The molecule has 4 bridgehead atoms. The zero-order valence-corrected chi connectivity index (χ0v) is 23.8. The van der Waals surface area contributed by atoms with Crippen LogP contribution in [0.25, 0.3) is 16.9 Å². The van der Waals surface area contributed by atoms with Gasteiger partial charge in [0.2, 0.25) is 5.82 Å². The molecule has 0 amide bonds. The smallest absolute Gasteiger partial charge is 0.300 e. The fourth-order valence-electron chi connectivity index (χ4n) is 8.54. The van der Waals surface area contributed by atoms with E-state index in [0.29, 0.717) is 17.6 Å². The van der Waals surface area contributed by atoms with Crippen molar-refractivity contribution in [3.8, 4) is 5.82 Å². The van der Waals surface area contributed by atoms with Gasteiger partial charge in [-0.1, -0.05) is 37.8 Å². The van der Waals surface area contributed by atoms with Crippen LogP contribution in [0.1, 0.15) is 76.7 Å². The summed E-state index contributed by atoms with van der Waals surface area (Å²) in [5.74, 6) is 2.72. The van der Waals surface area contributed by atoms with Gasteiger partial charge in [-0.25, -0.2) is 14.3 Å². The third-order valence-electron chi connectivity index (χ3n) is 10.1. The van der Waals surface area contributed by atoms with Crippen molar-refractivity contribution in [2.45, 2.75) is 88.8 Å². The van der Waals surface area contributed by atoms with Crippen molar-refractivity contribution in [3.63, 3.8) is 0 Å². The van der Waals surface area contributed by atoms with Gasteiger partial charge < -0.3 is 4.57 Å². The molecule has 4 fully saturated rings. The van der Waals surface area contributed by atoms with E-state index in [2.05, 4.69) is 30.8 Å². The number of benzene rings is 1. The van der Waals surface area contributed by atoms with Crippen molar-refractivity contribution in [3.05, 3.63) is 66.1 Å². The van der Waals surface area contributed by atoms with Crippen molar-refractivity contribution < 1.29 is 0 Å². The van der Waals surface area contributed by atoms with Crippen LogP contribution in [0.5, 0.6) is 0 Å². The van der Waals surface area contributed by atoms with Gasteiger partial charge in [0.15, 0.2) is 0 Å². The van der Waals surface area contributed by atoms with Gasteiger partial charge >= 0.3 is 5.69 Å². The van der Waals surface area contributed by atoms with E-state index in [1.165, 1.54) is 70.5 Å². The van der Waals surface area contributed by atoms with Gasteiger partial charge in [-0.2, -0.15) is 0 Å². The molecule has 4 unspecified atom stereocenters. The maximum absolute atomic E-state index is 14.1. The second-order valence-corrected chi connectivity index (χ2v) is 13.4. The molecule has 1 aromatic carbocycles. The lowest BCUT2D eigenvalue weighted by molar-refractivity contribution is -0.00939. The van der Waals surface area contributed by atoms with E-state index < -0.39 is 11.2 Å². The molecule has 3 aromatic rings. The van der Waals surface area contributed by atoms with E-state index in [9.17, 15) is 14.4 Å². The fourth-order valence-corrected chi connectivity index (χ4v) is 8.85. The minimum Gasteiger partial charge on any atom is -0.300 e. The highest BCUT2D eigenvalue weighted by atomic mass is 79.9. The zero-order chi connectivity index (χ0) is 26.7. The molecule has 39 heavy (non-hydrogen) atoms. The van der Waals surface area contributed by atoms with Gasteiger partial charge in [-0.3, -0.25) is 19.5 Å². The maximum atomic E-state index is 14.1. The van der Waals surface area contributed by atoms with Crippen LogP contribution in [0.3, 0.4) is 0 Å². The third kappa shape index (κ3) is 4.65. The highest BCUT2D eigenvalue weighted by Gasteiger charge is 2.42. The Morgan fingerprint density at radius 2 is 1.56 bits per heavy atom. The normalized spacial score (nSPS) is 30.9. The molecule has 206 valence electrons. The molecule has 4 aliphatic rings. The first kappa shape index (κ1) is 25.4. The molecule has 8 nitrogen and oxygen atoms in total. The lowest BCUT2D eigenvalue weighted by Crippen LogP contribution is -2.55. The number of H-pyrrole nitrogens is 1. The molecule has 4 heterocycles. The van der Waals surface area contributed by atoms with Gasteiger partial charge in [0.1, 0.15) is 0 Å². The number of aromatic amines is 1. The molecule has 1 N–H and O–H groups in total. The first-order valence-electron chi connectivity index (χ1n) is 14.7. The Hall–Kier alpha value is -2.52. The van der Waals surface area contributed by atoms with E-state index >= 15 is 0 Å². The topological polar surface area (TPSA) is 93.0 Å². The number of para-hydroxylation sites is 2. The van der Waals surface area contributed by atoms with Gasteiger partial charge in [0, 0.05) is 30.9 Å². The van der Waals surface area contributed by atoms with Crippen LogP contribution >= 0.6 is 15.9 Å². The quantitative estimate of drug-likeness (QED) is 0.470. The zero-order valence-electron chi connectivity index (χ0n) is 22.2. The van der Waals surface area contributed by atoms with Gasteiger partial charge in [0.25, 0.3) is 11.1 Å². The van der Waals surface area contributed by atoms with Crippen LogP contribution in [0.4, 0.5) is 0 Å². The highest BCUT2D eigenvalue weighted by molar-refractivity contribution is 9.10. The van der Waals surface area contributed by atoms with Crippen LogP contribution in [0.15, 0.2) is 49.3 Å². The molecule has 2 saturated carbocycles. The second kappa shape index (κ2) is 10.1. The summed E-state index contributed by atoms with van der Waals surface area (Å²) in [5.41, 5.74) is -0.00817. The number of nitrogens with zero attached hydrogens (tertiary/aromatic N) is 4. The first-order chi connectivity index (χ1) is 18.9. The summed E-state index contributed by atoms with van der Waals surface area (Å²) in [6.45, 7) is 1.22. The predicted molar refractivity (Wildman–Crippen MR) is 154 cm³/mol. The van der Waals surface area contributed by atoms with Crippen LogP contribution in [0.2, 0.25) is 0 Å². The van der Waals surface area contributed by atoms with E-state index in [1.807, 2.05) is 28.8 Å².